The summed E-state index contributed by atoms with van der Waals surface area (Å²) in [5.74, 6) is 1.71. The molecule has 4 heteroatoms. The average molecular weight is 433 g/mol. The summed E-state index contributed by atoms with van der Waals surface area (Å²) in [5, 5.41) is 0. The van der Waals surface area contributed by atoms with E-state index >= 15 is 0 Å². The Hall–Kier alpha value is -3.27. The van der Waals surface area contributed by atoms with E-state index in [1.807, 2.05) is 24.3 Å². The zero-order valence-electron chi connectivity index (χ0n) is 19.0. The lowest BCUT2D eigenvalue weighted by Gasteiger charge is -2.09. The van der Waals surface area contributed by atoms with E-state index in [-0.39, 0.29) is 0 Å². The lowest BCUT2D eigenvalue weighted by molar-refractivity contribution is 0.0734. The summed E-state index contributed by atoms with van der Waals surface area (Å²) in [6, 6.07) is 22.5. The van der Waals surface area contributed by atoms with Crippen molar-refractivity contribution in [3.63, 3.8) is 0 Å². The quantitative estimate of drug-likeness (QED) is 0.171. The van der Waals surface area contributed by atoms with Gasteiger partial charge in [0.2, 0.25) is 0 Å². The molecule has 0 atom stereocenters. The largest absolute Gasteiger partial charge is 0.497 e. The van der Waals surface area contributed by atoms with Crippen molar-refractivity contribution in [3.05, 3.63) is 78.4 Å². The molecule has 0 aromatic heterocycles. The molecule has 0 N–H and O–H groups in total. The smallest absolute Gasteiger partial charge is 0.343 e. The van der Waals surface area contributed by atoms with Gasteiger partial charge in [-0.15, -0.1) is 0 Å². The topological polar surface area (TPSA) is 44.8 Å². The Morgan fingerprint density at radius 1 is 0.656 bits per heavy atom. The molecule has 0 amide bonds. The molecule has 3 aromatic carbocycles. The van der Waals surface area contributed by atoms with Crippen molar-refractivity contribution < 1.29 is 19.0 Å². The summed E-state index contributed by atoms with van der Waals surface area (Å²) in [4.78, 5) is 12.3. The second kappa shape index (κ2) is 12.6. The van der Waals surface area contributed by atoms with Gasteiger partial charge in [-0.1, -0.05) is 63.3 Å². The van der Waals surface area contributed by atoms with Crippen molar-refractivity contribution >= 4 is 5.97 Å². The van der Waals surface area contributed by atoms with E-state index in [4.69, 9.17) is 14.2 Å². The van der Waals surface area contributed by atoms with Crippen LogP contribution in [0.3, 0.4) is 0 Å². The normalized spacial score (nSPS) is 10.6. The molecular formula is C28H32O4. The summed E-state index contributed by atoms with van der Waals surface area (Å²) >= 11 is 0. The van der Waals surface area contributed by atoms with Gasteiger partial charge >= 0.3 is 5.97 Å². The van der Waals surface area contributed by atoms with E-state index in [0.717, 1.165) is 29.9 Å². The molecule has 0 unspecified atom stereocenters. The number of ether oxygens (including phenoxy) is 3. The van der Waals surface area contributed by atoms with Crippen LogP contribution in [0.1, 0.15) is 55.8 Å². The maximum atomic E-state index is 12.3. The van der Waals surface area contributed by atoms with E-state index in [1.165, 1.54) is 32.1 Å². The molecule has 4 nitrogen and oxygen atoms in total. The van der Waals surface area contributed by atoms with Gasteiger partial charge in [0.15, 0.2) is 0 Å². The number of methoxy groups -OCH3 is 1. The van der Waals surface area contributed by atoms with Crippen LogP contribution in [-0.4, -0.2) is 19.7 Å². The van der Waals surface area contributed by atoms with Crippen LogP contribution < -0.4 is 14.2 Å². The Labute approximate surface area is 191 Å². The van der Waals surface area contributed by atoms with Crippen LogP contribution in [-0.2, 0) is 0 Å². The fourth-order valence-corrected chi connectivity index (χ4v) is 3.42. The molecule has 3 rings (SSSR count). The molecule has 0 fully saturated rings. The number of carbonyl (C=O) groups is 1. The van der Waals surface area contributed by atoms with Crippen LogP contribution in [0.15, 0.2) is 72.8 Å². The van der Waals surface area contributed by atoms with Crippen molar-refractivity contribution in [2.75, 3.05) is 13.7 Å². The maximum absolute atomic E-state index is 12.3. The monoisotopic (exact) mass is 432 g/mol. The van der Waals surface area contributed by atoms with E-state index in [2.05, 4.69) is 19.1 Å². The third kappa shape index (κ3) is 7.16. The Bertz CT molecular complexity index is 944. The van der Waals surface area contributed by atoms with Gasteiger partial charge in [0.25, 0.3) is 0 Å². The molecule has 0 radical (unpaired) electrons. The SMILES string of the molecule is CCCCCCCCOc1ccc(-c2ccc(OC(=O)c3ccc(OC)cc3)cc2)cc1. The average Bonchev–Trinajstić information content (AvgIpc) is 2.84. The van der Waals surface area contributed by atoms with Crippen molar-refractivity contribution in [1.29, 1.82) is 0 Å². The van der Waals surface area contributed by atoms with E-state index < -0.39 is 5.97 Å². The Balaban J connectivity index is 1.48. The molecule has 0 bridgehead atoms. The molecule has 0 saturated carbocycles. The van der Waals surface area contributed by atoms with Gasteiger partial charge < -0.3 is 14.2 Å². The lowest BCUT2D eigenvalue weighted by atomic mass is 10.1. The highest BCUT2D eigenvalue weighted by atomic mass is 16.5. The number of hydrogen-bond acceptors (Lipinski definition) is 4. The highest BCUT2D eigenvalue weighted by Gasteiger charge is 2.09. The zero-order chi connectivity index (χ0) is 22.6. The molecule has 0 aliphatic heterocycles. The first kappa shape index (κ1) is 23.4. The first-order chi connectivity index (χ1) is 15.7. The second-order valence-electron chi connectivity index (χ2n) is 7.78. The molecule has 168 valence electrons. The minimum Gasteiger partial charge on any atom is -0.497 e. The molecule has 32 heavy (non-hydrogen) atoms. The van der Waals surface area contributed by atoms with Crippen LogP contribution >= 0.6 is 0 Å². The highest BCUT2D eigenvalue weighted by Crippen LogP contribution is 2.25. The molecule has 3 aromatic rings. The van der Waals surface area contributed by atoms with Gasteiger partial charge in [-0.2, -0.15) is 0 Å². The number of benzene rings is 3. The predicted molar refractivity (Wildman–Crippen MR) is 129 cm³/mol. The number of esters is 1. The van der Waals surface area contributed by atoms with Crippen LogP contribution in [0.2, 0.25) is 0 Å². The van der Waals surface area contributed by atoms with Crippen LogP contribution in [0.25, 0.3) is 11.1 Å². The molecule has 0 aliphatic carbocycles. The number of carbonyl (C=O) groups excluding carboxylic acids is 1. The number of hydrogen-bond donors (Lipinski definition) is 0. The summed E-state index contributed by atoms with van der Waals surface area (Å²) < 4.78 is 16.4. The fraction of sp³-hybridized carbons (Fsp3) is 0.321. The van der Waals surface area contributed by atoms with Gasteiger partial charge in [0.1, 0.15) is 17.2 Å². The highest BCUT2D eigenvalue weighted by molar-refractivity contribution is 5.91. The first-order valence-corrected chi connectivity index (χ1v) is 11.4. The summed E-state index contributed by atoms with van der Waals surface area (Å²) in [5.41, 5.74) is 2.62. The Morgan fingerprint density at radius 2 is 1.19 bits per heavy atom. The molecule has 0 aliphatic rings. The van der Waals surface area contributed by atoms with Gasteiger partial charge in [0.05, 0.1) is 19.3 Å². The van der Waals surface area contributed by atoms with Crippen molar-refractivity contribution in [2.45, 2.75) is 45.4 Å². The van der Waals surface area contributed by atoms with E-state index in [1.54, 1.807) is 43.5 Å². The minimum absolute atomic E-state index is 0.396. The van der Waals surface area contributed by atoms with Crippen LogP contribution in [0.4, 0.5) is 0 Å². The van der Waals surface area contributed by atoms with Crippen molar-refractivity contribution in [3.8, 4) is 28.4 Å². The minimum atomic E-state index is -0.396. The second-order valence-corrected chi connectivity index (χ2v) is 7.78. The van der Waals surface area contributed by atoms with E-state index in [0.29, 0.717) is 17.1 Å². The summed E-state index contributed by atoms with van der Waals surface area (Å²) in [6.07, 6.45) is 7.55. The summed E-state index contributed by atoms with van der Waals surface area (Å²) in [7, 11) is 1.59. The van der Waals surface area contributed by atoms with Crippen LogP contribution in [0.5, 0.6) is 17.2 Å². The molecule has 0 spiro atoms. The molecule has 0 saturated heterocycles. The van der Waals surface area contributed by atoms with Gasteiger partial charge in [-0.3, -0.25) is 0 Å². The van der Waals surface area contributed by atoms with Gasteiger partial charge in [0, 0.05) is 0 Å². The van der Waals surface area contributed by atoms with Crippen molar-refractivity contribution in [2.24, 2.45) is 0 Å². The fourth-order valence-electron chi connectivity index (χ4n) is 3.42. The molecule has 0 heterocycles. The Morgan fingerprint density at radius 3 is 1.78 bits per heavy atom. The van der Waals surface area contributed by atoms with E-state index in [9.17, 15) is 4.79 Å². The predicted octanol–water partition coefficient (Wildman–Crippen LogP) is 7.32. The van der Waals surface area contributed by atoms with Crippen molar-refractivity contribution in [1.82, 2.24) is 0 Å². The first-order valence-electron chi connectivity index (χ1n) is 11.4. The van der Waals surface area contributed by atoms with Gasteiger partial charge in [-0.05, 0) is 66.1 Å². The standard InChI is InChI=1S/C28H32O4/c1-3-4-5-6-7-8-21-31-26-17-9-22(10-18-26)23-11-19-27(20-12-23)32-28(29)24-13-15-25(30-2)16-14-24/h9-20H,3-8,21H2,1-2H3. The van der Waals surface area contributed by atoms with Crippen LogP contribution in [0, 0.1) is 0 Å². The maximum Gasteiger partial charge on any atom is 0.343 e. The summed E-state index contributed by atoms with van der Waals surface area (Å²) in [6.45, 7) is 3.00. The van der Waals surface area contributed by atoms with Gasteiger partial charge in [-0.25, -0.2) is 4.79 Å². The lowest BCUT2D eigenvalue weighted by Crippen LogP contribution is -2.08. The number of unbranched alkanes of at least 4 members (excludes halogenated alkanes) is 5. The Kier molecular flexibility index (Phi) is 9.18. The zero-order valence-corrected chi connectivity index (χ0v) is 19.0. The third-order valence-corrected chi connectivity index (χ3v) is 5.34. The third-order valence-electron chi connectivity index (χ3n) is 5.34. The molecular weight excluding hydrogens is 400 g/mol. The number of rotatable bonds is 12.